The van der Waals surface area contributed by atoms with Gasteiger partial charge in [-0.05, 0) is 0 Å². The van der Waals surface area contributed by atoms with Gasteiger partial charge in [0.25, 0.3) is 0 Å². The molecule has 4 atom stereocenters. The third-order valence-electron chi connectivity index (χ3n) is 2.24. The van der Waals surface area contributed by atoms with E-state index in [1.807, 2.05) is 0 Å². The van der Waals surface area contributed by atoms with Crippen molar-refractivity contribution < 1.29 is 45.1 Å². The van der Waals surface area contributed by atoms with Gasteiger partial charge in [0, 0.05) is 6.42 Å². The van der Waals surface area contributed by atoms with Crippen LogP contribution < -0.4 is 4.72 Å². The first-order valence-electron chi connectivity index (χ1n) is 4.84. The lowest BCUT2D eigenvalue weighted by molar-refractivity contribution is -0.209. The first-order chi connectivity index (χ1) is 8.48. The maximum Gasteiger partial charge on any atom is 0.333 e. The molecule has 1 heterocycles. The van der Waals surface area contributed by atoms with Gasteiger partial charge in [-0.1, -0.05) is 0 Å². The van der Waals surface area contributed by atoms with E-state index < -0.39 is 51.8 Å². The van der Waals surface area contributed by atoms with Gasteiger partial charge in [0.05, 0.1) is 18.8 Å². The van der Waals surface area contributed by atoms with Gasteiger partial charge in [-0.25, -0.2) is 8.42 Å². The summed E-state index contributed by atoms with van der Waals surface area (Å²) in [6.45, 7) is -0.738. The Balaban J connectivity index is 2.61. The van der Waals surface area contributed by atoms with Crippen molar-refractivity contribution >= 4 is 20.7 Å². The summed E-state index contributed by atoms with van der Waals surface area (Å²) in [5.41, 5.74) is 0. The van der Waals surface area contributed by atoms with Crippen molar-refractivity contribution in [3.8, 4) is 0 Å². The highest BCUT2D eigenvalue weighted by Gasteiger charge is 2.39. The van der Waals surface area contributed by atoms with Crippen LogP contribution in [0.2, 0.25) is 0 Å². The minimum Gasteiger partial charge on any atom is -0.726 e. The molecular weight excluding hydrogens is 310 g/mol. The summed E-state index contributed by atoms with van der Waals surface area (Å²) in [5.74, 6) is 0. The fourth-order valence-corrected chi connectivity index (χ4v) is 2.45. The van der Waals surface area contributed by atoms with E-state index in [1.165, 1.54) is 4.72 Å². The van der Waals surface area contributed by atoms with Gasteiger partial charge in [-0.15, -0.1) is 0 Å². The Kier molecular flexibility index (Phi) is 5.21. The van der Waals surface area contributed by atoms with Gasteiger partial charge >= 0.3 is 10.3 Å². The molecule has 0 aromatic carbocycles. The number of aliphatic hydroxyl groups is 2. The molecule has 1 rings (SSSR count). The van der Waals surface area contributed by atoms with Crippen molar-refractivity contribution in [1.82, 2.24) is 4.72 Å². The Bertz CT molecular complexity index is 488. The maximum atomic E-state index is 10.6. The Hall–Kier alpha value is -0.380. The van der Waals surface area contributed by atoms with Gasteiger partial charge in [-0.2, -0.15) is 13.1 Å². The number of ether oxygens (including phenoxy) is 1. The highest BCUT2D eigenvalue weighted by Crippen LogP contribution is 2.20. The van der Waals surface area contributed by atoms with E-state index in [0.717, 1.165) is 0 Å². The summed E-state index contributed by atoms with van der Waals surface area (Å²) in [4.78, 5) is 0. The number of hydrogen-bond acceptors (Lipinski definition) is 9. The van der Waals surface area contributed by atoms with Crippen LogP contribution in [0.15, 0.2) is 0 Å². The van der Waals surface area contributed by atoms with Crippen LogP contribution >= 0.6 is 0 Å². The second-order valence-corrected chi connectivity index (χ2v) is 6.00. The zero-order chi connectivity index (χ0) is 14.8. The molecular formula is C6H12NO10S2-. The van der Waals surface area contributed by atoms with Crippen LogP contribution in [0, 0.1) is 0 Å². The topological polar surface area (TPSA) is 183 Å². The van der Waals surface area contributed by atoms with Crippen LogP contribution in [0.1, 0.15) is 6.42 Å². The number of nitrogens with one attached hydrogen (secondary N) is 1. The van der Waals surface area contributed by atoms with Gasteiger partial charge in [-0.3, -0.25) is 8.74 Å². The molecule has 0 radical (unpaired) electrons. The monoisotopic (exact) mass is 322 g/mol. The molecule has 0 aliphatic carbocycles. The summed E-state index contributed by atoms with van der Waals surface area (Å²) >= 11 is 0. The highest BCUT2D eigenvalue weighted by atomic mass is 32.3. The van der Waals surface area contributed by atoms with Crippen molar-refractivity contribution in [2.75, 3.05) is 6.61 Å². The van der Waals surface area contributed by atoms with Gasteiger partial charge in [0.2, 0.25) is 10.4 Å². The lowest BCUT2D eigenvalue weighted by Gasteiger charge is -2.36. The molecule has 0 saturated carbocycles. The van der Waals surface area contributed by atoms with Crippen LogP contribution in [0.25, 0.3) is 0 Å². The lowest BCUT2D eigenvalue weighted by atomic mass is 10.0. The fourth-order valence-electron chi connectivity index (χ4n) is 1.52. The number of aliphatic hydroxyl groups excluding tert-OH is 2. The molecule has 0 spiro atoms. The van der Waals surface area contributed by atoms with E-state index in [0.29, 0.717) is 0 Å². The third kappa shape index (κ3) is 6.07. The Morgan fingerprint density at radius 2 is 1.89 bits per heavy atom. The lowest BCUT2D eigenvalue weighted by Crippen LogP contribution is -2.57. The number of rotatable bonds is 5. The van der Waals surface area contributed by atoms with Crippen molar-refractivity contribution in [1.29, 1.82) is 0 Å². The molecule has 19 heavy (non-hydrogen) atoms. The standard InChI is InChI=1S/C6H13NO10S2/c8-4-1-3(2-16-19(13,14)15)17-6(9)5(4)7-18(10,11)12/h3-9H,1-2H2,(H,10,11,12)(H,13,14,15)/p-1/t3?,4-,5?,6+/m1/s1. The van der Waals surface area contributed by atoms with Gasteiger partial charge in [0.1, 0.15) is 6.04 Å². The van der Waals surface area contributed by atoms with Crippen molar-refractivity contribution in [3.05, 3.63) is 0 Å². The van der Waals surface area contributed by atoms with Crippen LogP contribution in [0.4, 0.5) is 0 Å². The quantitative estimate of drug-likeness (QED) is 0.295. The second-order valence-electron chi connectivity index (χ2n) is 3.76. The summed E-state index contributed by atoms with van der Waals surface area (Å²) in [7, 11) is -9.62. The van der Waals surface area contributed by atoms with E-state index in [1.54, 1.807) is 0 Å². The predicted molar refractivity (Wildman–Crippen MR) is 55.6 cm³/mol. The first kappa shape index (κ1) is 16.7. The predicted octanol–water partition coefficient (Wildman–Crippen LogP) is -3.31. The fraction of sp³-hybridized carbons (Fsp3) is 1.00. The van der Waals surface area contributed by atoms with Crippen molar-refractivity contribution in [3.63, 3.8) is 0 Å². The molecule has 1 saturated heterocycles. The molecule has 0 bridgehead atoms. The summed E-state index contributed by atoms with van der Waals surface area (Å²) in [5, 5.41) is 18.9. The SMILES string of the molecule is O=S(=O)(O)NC1[C@H](O)CC(COS(=O)(=O)[O-])O[C@@H]1O. The van der Waals surface area contributed by atoms with E-state index in [9.17, 15) is 31.6 Å². The summed E-state index contributed by atoms with van der Waals surface area (Å²) in [6, 6.07) is -1.53. The Labute approximate surface area is 109 Å². The smallest absolute Gasteiger partial charge is 0.333 e. The highest BCUT2D eigenvalue weighted by molar-refractivity contribution is 7.83. The molecule has 0 amide bonds. The molecule has 1 fully saturated rings. The average molecular weight is 322 g/mol. The molecule has 1 aliphatic heterocycles. The van der Waals surface area contributed by atoms with Gasteiger partial charge in [0.15, 0.2) is 6.29 Å². The first-order valence-corrected chi connectivity index (χ1v) is 7.62. The maximum absolute atomic E-state index is 10.6. The molecule has 13 heteroatoms. The van der Waals surface area contributed by atoms with E-state index >= 15 is 0 Å². The molecule has 114 valence electrons. The minimum atomic E-state index is -4.95. The molecule has 4 N–H and O–H groups in total. The molecule has 11 nitrogen and oxygen atoms in total. The second kappa shape index (κ2) is 5.94. The van der Waals surface area contributed by atoms with Gasteiger partial charge < -0.3 is 19.5 Å². The van der Waals surface area contributed by atoms with Crippen LogP contribution in [0.3, 0.4) is 0 Å². The Morgan fingerprint density at radius 3 is 2.32 bits per heavy atom. The van der Waals surface area contributed by atoms with Crippen LogP contribution in [0.5, 0.6) is 0 Å². The Morgan fingerprint density at radius 1 is 1.32 bits per heavy atom. The molecule has 1 aliphatic rings. The van der Waals surface area contributed by atoms with E-state index in [-0.39, 0.29) is 6.42 Å². The van der Waals surface area contributed by atoms with Crippen LogP contribution in [-0.4, -0.2) is 67.3 Å². The van der Waals surface area contributed by atoms with Crippen molar-refractivity contribution in [2.45, 2.75) is 31.0 Å². The molecule has 0 aromatic rings. The normalized spacial score (nSPS) is 33.3. The van der Waals surface area contributed by atoms with E-state index in [4.69, 9.17) is 9.29 Å². The summed E-state index contributed by atoms with van der Waals surface area (Å²) in [6.07, 6.45) is -4.78. The van der Waals surface area contributed by atoms with Crippen molar-refractivity contribution in [2.24, 2.45) is 0 Å². The van der Waals surface area contributed by atoms with E-state index in [2.05, 4.69) is 4.18 Å². The molecule has 0 aromatic heterocycles. The third-order valence-corrected chi connectivity index (χ3v) is 3.24. The zero-order valence-electron chi connectivity index (χ0n) is 9.24. The van der Waals surface area contributed by atoms with Crippen LogP contribution in [-0.2, 0) is 29.6 Å². The molecule has 2 unspecified atom stereocenters. The zero-order valence-corrected chi connectivity index (χ0v) is 10.9. The summed E-state index contributed by atoms with van der Waals surface area (Å²) < 4.78 is 70.4. The largest absolute Gasteiger partial charge is 0.726 e. The number of hydrogen-bond donors (Lipinski definition) is 4. The minimum absolute atomic E-state index is 0.320. The average Bonchev–Trinajstić information content (AvgIpc) is 2.18.